The van der Waals surface area contributed by atoms with Crippen molar-refractivity contribution < 1.29 is 22.7 Å². The monoisotopic (exact) mass is 359 g/mol. The van der Waals surface area contributed by atoms with E-state index in [4.69, 9.17) is 9.47 Å². The number of carbonyl (C=O) groups excluding carboxylic acids is 1. The van der Waals surface area contributed by atoms with Crippen molar-refractivity contribution in [3.05, 3.63) is 48.0 Å². The van der Waals surface area contributed by atoms with Crippen LogP contribution in [0.2, 0.25) is 0 Å². The Morgan fingerprint density at radius 2 is 1.96 bits per heavy atom. The van der Waals surface area contributed by atoms with Gasteiger partial charge in [0.25, 0.3) is 15.9 Å². The topological polar surface area (TPSA) is 106 Å². The van der Waals surface area contributed by atoms with E-state index in [0.29, 0.717) is 17.2 Å². The second-order valence-electron chi connectivity index (χ2n) is 5.41. The van der Waals surface area contributed by atoms with E-state index in [2.05, 4.69) is 15.0 Å². The molecule has 9 heteroatoms. The summed E-state index contributed by atoms with van der Waals surface area (Å²) in [5.41, 5.74) is 1.11. The van der Waals surface area contributed by atoms with Crippen LogP contribution in [0, 0.1) is 0 Å². The number of para-hydroxylation sites is 1. The summed E-state index contributed by atoms with van der Waals surface area (Å²) < 4.78 is 38.4. The number of amidine groups is 1. The molecule has 2 aromatic carbocycles. The van der Waals surface area contributed by atoms with E-state index in [0.717, 1.165) is 5.56 Å². The zero-order valence-corrected chi connectivity index (χ0v) is 13.7. The molecular weight excluding hydrogens is 346 g/mol. The number of anilines is 1. The van der Waals surface area contributed by atoms with E-state index in [1.54, 1.807) is 36.4 Å². The summed E-state index contributed by atoms with van der Waals surface area (Å²) >= 11 is 0. The number of hydrogen-bond donors (Lipinski definition) is 2. The molecule has 0 fully saturated rings. The van der Waals surface area contributed by atoms with Crippen LogP contribution < -0.4 is 20.1 Å². The molecule has 0 unspecified atom stereocenters. The third-order valence-electron chi connectivity index (χ3n) is 3.73. The molecule has 128 valence electrons. The van der Waals surface area contributed by atoms with Gasteiger partial charge in [0.1, 0.15) is 4.90 Å². The average Bonchev–Trinajstić information content (AvgIpc) is 3.07. The Morgan fingerprint density at radius 1 is 1.16 bits per heavy atom. The molecule has 0 radical (unpaired) electrons. The van der Waals surface area contributed by atoms with Crippen molar-refractivity contribution in [3.63, 3.8) is 0 Å². The first kappa shape index (κ1) is 15.5. The Kier molecular flexibility index (Phi) is 3.57. The van der Waals surface area contributed by atoms with Gasteiger partial charge in [0, 0.05) is 6.54 Å². The molecule has 8 nitrogen and oxygen atoms in total. The predicted octanol–water partition coefficient (Wildman–Crippen LogP) is 1.24. The summed E-state index contributed by atoms with van der Waals surface area (Å²) in [5, 5.41) is 5.38. The van der Waals surface area contributed by atoms with Crippen molar-refractivity contribution in [1.29, 1.82) is 0 Å². The maximum atomic E-state index is 12.3. The molecule has 0 bridgehead atoms. The first-order valence-electron chi connectivity index (χ1n) is 7.41. The highest BCUT2D eigenvalue weighted by atomic mass is 32.2. The van der Waals surface area contributed by atoms with Gasteiger partial charge in [0.05, 0.1) is 5.69 Å². The van der Waals surface area contributed by atoms with Crippen LogP contribution in [0.15, 0.2) is 51.8 Å². The highest BCUT2D eigenvalue weighted by Gasteiger charge is 2.27. The van der Waals surface area contributed by atoms with E-state index < -0.39 is 15.9 Å². The van der Waals surface area contributed by atoms with E-state index in [1.165, 1.54) is 6.07 Å². The largest absolute Gasteiger partial charge is 0.454 e. The number of hydrogen-bond acceptors (Lipinski definition) is 6. The molecule has 0 aliphatic carbocycles. The molecule has 1 amide bonds. The Labute approximate surface area is 143 Å². The molecule has 2 aromatic rings. The molecular formula is C16H13N3O5S. The maximum Gasteiger partial charge on any atom is 0.288 e. The van der Waals surface area contributed by atoms with Gasteiger partial charge in [-0.25, -0.2) is 0 Å². The highest BCUT2D eigenvalue weighted by molar-refractivity contribution is 7.90. The smallest absolute Gasteiger partial charge is 0.288 e. The van der Waals surface area contributed by atoms with Gasteiger partial charge in [-0.3, -0.25) is 4.79 Å². The fourth-order valence-corrected chi connectivity index (χ4v) is 3.64. The Balaban J connectivity index is 1.50. The fourth-order valence-electron chi connectivity index (χ4n) is 2.53. The summed E-state index contributed by atoms with van der Waals surface area (Å²) in [5.74, 6) is 0.377. The minimum atomic E-state index is -3.90. The summed E-state index contributed by atoms with van der Waals surface area (Å²) in [6.07, 6.45) is 0. The van der Waals surface area contributed by atoms with Crippen LogP contribution in [0.1, 0.15) is 5.56 Å². The average molecular weight is 359 g/mol. The van der Waals surface area contributed by atoms with Crippen molar-refractivity contribution in [1.82, 2.24) is 5.32 Å². The molecule has 4 rings (SSSR count). The minimum absolute atomic E-state index is 0.0438. The fraction of sp³-hybridized carbons (Fsp3) is 0.125. The highest BCUT2D eigenvalue weighted by Crippen LogP contribution is 2.32. The molecule has 2 heterocycles. The number of amides is 1. The summed E-state index contributed by atoms with van der Waals surface area (Å²) in [7, 11) is -3.90. The maximum absolute atomic E-state index is 12.3. The zero-order valence-electron chi connectivity index (χ0n) is 12.9. The van der Waals surface area contributed by atoms with Gasteiger partial charge in [-0.1, -0.05) is 18.2 Å². The Morgan fingerprint density at radius 3 is 2.84 bits per heavy atom. The van der Waals surface area contributed by atoms with Crippen molar-refractivity contribution in [2.75, 3.05) is 12.1 Å². The molecule has 2 aliphatic rings. The van der Waals surface area contributed by atoms with Gasteiger partial charge in [0.2, 0.25) is 12.6 Å². The van der Waals surface area contributed by atoms with Gasteiger partial charge >= 0.3 is 0 Å². The summed E-state index contributed by atoms with van der Waals surface area (Å²) in [4.78, 5) is 12.3. The van der Waals surface area contributed by atoms with Crippen LogP contribution in [0.5, 0.6) is 11.5 Å². The number of fused-ring (bicyclic) bond motifs is 2. The van der Waals surface area contributed by atoms with Gasteiger partial charge in [-0.15, -0.1) is 4.40 Å². The molecule has 2 N–H and O–H groups in total. The molecule has 0 saturated carbocycles. The molecule has 0 atom stereocenters. The molecule has 0 aromatic heterocycles. The Hall–Kier alpha value is -3.07. The number of ether oxygens (including phenoxy) is 2. The van der Waals surface area contributed by atoms with E-state index in [-0.39, 0.29) is 24.1 Å². The standard InChI is InChI=1S/C16H13N3O5S/c20-16(17-8-10-5-6-12-13(7-10)24-9-23-12)15-18-11-3-1-2-4-14(11)25(21,22)19-15/h1-7H,8-9H2,(H,17,20)(H,18,19). The lowest BCUT2D eigenvalue weighted by atomic mass is 10.2. The first-order chi connectivity index (χ1) is 12.0. The van der Waals surface area contributed by atoms with Crippen molar-refractivity contribution >= 4 is 27.5 Å². The lowest BCUT2D eigenvalue weighted by molar-refractivity contribution is -0.114. The van der Waals surface area contributed by atoms with Crippen LogP contribution >= 0.6 is 0 Å². The van der Waals surface area contributed by atoms with Crippen LogP contribution in [0.4, 0.5) is 5.69 Å². The number of nitrogens with one attached hydrogen (secondary N) is 2. The lowest BCUT2D eigenvalue weighted by Crippen LogP contribution is -2.37. The van der Waals surface area contributed by atoms with Crippen molar-refractivity contribution in [3.8, 4) is 11.5 Å². The SMILES string of the molecule is O=C(NCc1ccc2c(c1)OCO2)C1=NS(=O)(=O)c2ccccc2N1. The lowest BCUT2D eigenvalue weighted by Gasteiger charge is -2.17. The predicted molar refractivity (Wildman–Crippen MR) is 89.1 cm³/mol. The summed E-state index contributed by atoms with van der Waals surface area (Å²) in [6, 6.07) is 11.6. The molecule has 2 aliphatic heterocycles. The van der Waals surface area contributed by atoms with Gasteiger partial charge in [0.15, 0.2) is 11.5 Å². The number of carbonyl (C=O) groups is 1. The molecule has 0 spiro atoms. The number of rotatable bonds is 3. The Bertz CT molecular complexity index is 1000. The van der Waals surface area contributed by atoms with E-state index >= 15 is 0 Å². The van der Waals surface area contributed by atoms with Crippen LogP contribution in [0.25, 0.3) is 0 Å². The van der Waals surface area contributed by atoms with E-state index in [1.807, 2.05) is 0 Å². The quantitative estimate of drug-likeness (QED) is 0.854. The third-order valence-corrected chi connectivity index (χ3v) is 5.07. The van der Waals surface area contributed by atoms with Crippen LogP contribution in [-0.2, 0) is 21.4 Å². The van der Waals surface area contributed by atoms with Gasteiger partial charge < -0.3 is 20.1 Å². The number of sulfonamides is 1. The number of benzene rings is 2. The van der Waals surface area contributed by atoms with Crippen molar-refractivity contribution in [2.45, 2.75) is 11.4 Å². The number of nitrogens with zero attached hydrogens (tertiary/aromatic N) is 1. The second-order valence-corrected chi connectivity index (χ2v) is 6.98. The van der Waals surface area contributed by atoms with Crippen LogP contribution in [0.3, 0.4) is 0 Å². The summed E-state index contributed by atoms with van der Waals surface area (Å²) in [6.45, 7) is 0.362. The molecule has 0 saturated heterocycles. The first-order valence-corrected chi connectivity index (χ1v) is 8.85. The minimum Gasteiger partial charge on any atom is -0.454 e. The zero-order chi connectivity index (χ0) is 17.4. The van der Waals surface area contributed by atoms with Crippen molar-refractivity contribution in [2.24, 2.45) is 4.40 Å². The normalized spacial score (nSPS) is 16.4. The second kappa shape index (κ2) is 5.78. The van der Waals surface area contributed by atoms with Gasteiger partial charge in [-0.05, 0) is 29.8 Å². The van der Waals surface area contributed by atoms with Gasteiger partial charge in [-0.2, -0.15) is 8.42 Å². The van der Waals surface area contributed by atoms with E-state index in [9.17, 15) is 13.2 Å². The molecule has 25 heavy (non-hydrogen) atoms. The van der Waals surface area contributed by atoms with Crippen LogP contribution in [-0.4, -0.2) is 27.0 Å². The third kappa shape index (κ3) is 2.89.